The van der Waals surface area contributed by atoms with E-state index in [0.717, 1.165) is 28.4 Å². The zero-order valence-corrected chi connectivity index (χ0v) is 15.3. The molecule has 0 aliphatic heterocycles. The predicted molar refractivity (Wildman–Crippen MR) is 107 cm³/mol. The highest BCUT2D eigenvalue weighted by Gasteiger charge is 2.02. The maximum Gasteiger partial charge on any atom is 0.193 e. The second kappa shape index (κ2) is 7.94. The Hall–Kier alpha value is -2.66. The summed E-state index contributed by atoms with van der Waals surface area (Å²) in [6.07, 6.45) is 0.854. The molecule has 0 saturated carbocycles. The molecular formula is C20H22N4S. The molecule has 128 valence electrons. The van der Waals surface area contributed by atoms with Crippen molar-refractivity contribution in [2.45, 2.75) is 20.3 Å². The first-order chi connectivity index (χ1) is 12.1. The Balaban J connectivity index is 1.53. The molecule has 0 atom stereocenters. The molecule has 0 saturated heterocycles. The molecule has 0 unspecified atom stereocenters. The van der Waals surface area contributed by atoms with Crippen LogP contribution in [0.2, 0.25) is 0 Å². The van der Waals surface area contributed by atoms with Gasteiger partial charge in [-0.25, -0.2) is 4.98 Å². The third-order valence-corrected chi connectivity index (χ3v) is 4.65. The van der Waals surface area contributed by atoms with Crippen LogP contribution >= 0.6 is 11.3 Å². The molecule has 0 spiro atoms. The van der Waals surface area contributed by atoms with Gasteiger partial charge < -0.3 is 11.1 Å². The Kier molecular flexibility index (Phi) is 5.46. The van der Waals surface area contributed by atoms with E-state index >= 15 is 0 Å². The molecule has 1 aromatic heterocycles. The highest BCUT2D eigenvalue weighted by Crippen LogP contribution is 2.21. The second-order valence-corrected chi connectivity index (χ2v) is 7.02. The first kappa shape index (κ1) is 17.2. The zero-order chi connectivity index (χ0) is 17.6. The quantitative estimate of drug-likeness (QED) is 0.530. The molecule has 3 aromatic rings. The standard InChI is InChI=1S/C20H22N4S/c1-14-3-9-18(10-4-14)24-20(21)22-12-11-16-5-7-17(8-6-16)19-13-25-15(2)23-19/h3-10,13H,11-12H2,1-2H3,(H3,21,22,24). The number of aliphatic imine (C=N–C) groups is 1. The fourth-order valence-corrected chi connectivity index (χ4v) is 3.09. The van der Waals surface area contributed by atoms with Crippen molar-refractivity contribution in [2.75, 3.05) is 11.9 Å². The highest BCUT2D eigenvalue weighted by molar-refractivity contribution is 7.09. The Morgan fingerprint density at radius 2 is 1.80 bits per heavy atom. The zero-order valence-electron chi connectivity index (χ0n) is 14.5. The lowest BCUT2D eigenvalue weighted by molar-refractivity contribution is 0.965. The molecule has 3 N–H and O–H groups in total. The monoisotopic (exact) mass is 350 g/mol. The van der Waals surface area contributed by atoms with Crippen LogP contribution in [-0.2, 0) is 6.42 Å². The molecule has 0 amide bonds. The predicted octanol–water partition coefficient (Wildman–Crippen LogP) is 4.40. The van der Waals surface area contributed by atoms with E-state index in [1.165, 1.54) is 11.1 Å². The van der Waals surface area contributed by atoms with Crippen LogP contribution in [0.15, 0.2) is 58.9 Å². The molecule has 4 nitrogen and oxygen atoms in total. The molecule has 1 heterocycles. The number of thiazole rings is 1. The third-order valence-electron chi connectivity index (χ3n) is 3.88. The van der Waals surface area contributed by atoms with E-state index in [4.69, 9.17) is 5.73 Å². The van der Waals surface area contributed by atoms with Crippen molar-refractivity contribution in [3.05, 3.63) is 70.0 Å². The minimum atomic E-state index is 0.443. The van der Waals surface area contributed by atoms with Crippen LogP contribution in [0.1, 0.15) is 16.1 Å². The second-order valence-electron chi connectivity index (χ2n) is 5.96. The highest BCUT2D eigenvalue weighted by atomic mass is 32.1. The lowest BCUT2D eigenvalue weighted by Crippen LogP contribution is -2.23. The van der Waals surface area contributed by atoms with Gasteiger partial charge in [-0.3, -0.25) is 4.99 Å². The number of benzene rings is 2. The van der Waals surface area contributed by atoms with Gasteiger partial charge in [0.2, 0.25) is 0 Å². The van der Waals surface area contributed by atoms with Crippen LogP contribution in [0, 0.1) is 13.8 Å². The topological polar surface area (TPSA) is 63.3 Å². The summed E-state index contributed by atoms with van der Waals surface area (Å²) in [5.41, 5.74) is 11.5. The number of nitrogens with zero attached hydrogens (tertiary/aromatic N) is 2. The molecular weight excluding hydrogens is 328 g/mol. The van der Waals surface area contributed by atoms with Crippen LogP contribution in [0.4, 0.5) is 5.69 Å². The normalized spacial score (nSPS) is 11.5. The molecule has 5 heteroatoms. The Morgan fingerprint density at radius 1 is 1.08 bits per heavy atom. The van der Waals surface area contributed by atoms with E-state index in [1.54, 1.807) is 11.3 Å². The average molecular weight is 350 g/mol. The van der Waals surface area contributed by atoms with Crippen LogP contribution in [-0.4, -0.2) is 17.5 Å². The van der Waals surface area contributed by atoms with Crippen molar-refractivity contribution in [2.24, 2.45) is 10.7 Å². The van der Waals surface area contributed by atoms with Crippen LogP contribution in [0.3, 0.4) is 0 Å². The lowest BCUT2D eigenvalue weighted by atomic mass is 10.1. The minimum Gasteiger partial charge on any atom is -0.370 e. The summed E-state index contributed by atoms with van der Waals surface area (Å²) in [6.45, 7) is 4.73. The van der Waals surface area contributed by atoms with Crippen molar-refractivity contribution in [3.63, 3.8) is 0 Å². The van der Waals surface area contributed by atoms with Crippen LogP contribution in [0.25, 0.3) is 11.3 Å². The largest absolute Gasteiger partial charge is 0.370 e. The summed E-state index contributed by atoms with van der Waals surface area (Å²) < 4.78 is 0. The van der Waals surface area contributed by atoms with Gasteiger partial charge in [0.15, 0.2) is 5.96 Å². The van der Waals surface area contributed by atoms with Gasteiger partial charge in [-0.1, -0.05) is 42.0 Å². The number of guanidine groups is 1. The molecule has 0 fully saturated rings. The SMILES string of the molecule is Cc1ccc(NC(N)=NCCc2ccc(-c3csc(C)n3)cc2)cc1. The molecule has 0 aliphatic carbocycles. The summed E-state index contributed by atoms with van der Waals surface area (Å²) >= 11 is 1.67. The Labute approximate surface area is 152 Å². The number of aromatic nitrogens is 1. The number of nitrogens with two attached hydrogens (primary N) is 1. The van der Waals surface area contributed by atoms with E-state index in [2.05, 4.69) is 51.9 Å². The first-order valence-electron chi connectivity index (χ1n) is 8.25. The van der Waals surface area contributed by atoms with Gasteiger partial charge in [-0.2, -0.15) is 0 Å². The summed E-state index contributed by atoms with van der Waals surface area (Å²) in [5, 5.41) is 6.29. The molecule has 0 bridgehead atoms. The van der Waals surface area contributed by atoms with Crippen molar-refractivity contribution >= 4 is 23.0 Å². The number of hydrogen-bond acceptors (Lipinski definition) is 3. The summed E-state index contributed by atoms with van der Waals surface area (Å²) in [4.78, 5) is 8.91. The van der Waals surface area contributed by atoms with E-state index in [1.807, 2.05) is 31.2 Å². The van der Waals surface area contributed by atoms with Crippen LogP contribution < -0.4 is 11.1 Å². The van der Waals surface area contributed by atoms with E-state index in [0.29, 0.717) is 12.5 Å². The van der Waals surface area contributed by atoms with E-state index < -0.39 is 0 Å². The number of anilines is 1. The third kappa shape index (κ3) is 4.90. The van der Waals surface area contributed by atoms with Crippen molar-refractivity contribution < 1.29 is 0 Å². The Bertz CT molecular complexity index is 848. The molecule has 0 radical (unpaired) electrons. The fraction of sp³-hybridized carbons (Fsp3) is 0.200. The van der Waals surface area contributed by atoms with Crippen molar-refractivity contribution in [3.8, 4) is 11.3 Å². The smallest absolute Gasteiger partial charge is 0.193 e. The lowest BCUT2D eigenvalue weighted by Gasteiger charge is -2.06. The average Bonchev–Trinajstić information content (AvgIpc) is 3.04. The molecule has 0 aliphatic rings. The van der Waals surface area contributed by atoms with Crippen molar-refractivity contribution in [1.29, 1.82) is 0 Å². The molecule has 25 heavy (non-hydrogen) atoms. The van der Waals surface area contributed by atoms with E-state index in [-0.39, 0.29) is 0 Å². The summed E-state index contributed by atoms with van der Waals surface area (Å²) in [5.74, 6) is 0.443. The van der Waals surface area contributed by atoms with Crippen LogP contribution in [0.5, 0.6) is 0 Å². The fourth-order valence-electron chi connectivity index (χ4n) is 2.47. The van der Waals surface area contributed by atoms with E-state index in [9.17, 15) is 0 Å². The maximum absolute atomic E-state index is 5.94. The van der Waals surface area contributed by atoms with Gasteiger partial charge in [-0.05, 0) is 38.0 Å². The summed E-state index contributed by atoms with van der Waals surface area (Å²) in [7, 11) is 0. The number of aryl methyl sites for hydroxylation is 2. The van der Waals surface area contributed by atoms with Gasteiger partial charge in [0.25, 0.3) is 0 Å². The molecule has 3 rings (SSSR count). The number of nitrogens with one attached hydrogen (secondary N) is 1. The number of hydrogen-bond donors (Lipinski definition) is 2. The minimum absolute atomic E-state index is 0.443. The van der Waals surface area contributed by atoms with Gasteiger partial charge in [0.05, 0.1) is 10.7 Å². The maximum atomic E-state index is 5.94. The molecule has 2 aromatic carbocycles. The van der Waals surface area contributed by atoms with Gasteiger partial charge in [0, 0.05) is 23.2 Å². The Morgan fingerprint density at radius 3 is 2.44 bits per heavy atom. The van der Waals surface area contributed by atoms with Crippen molar-refractivity contribution in [1.82, 2.24) is 4.98 Å². The first-order valence-corrected chi connectivity index (χ1v) is 9.13. The summed E-state index contributed by atoms with van der Waals surface area (Å²) in [6, 6.07) is 16.6. The van der Waals surface area contributed by atoms with Gasteiger partial charge in [-0.15, -0.1) is 11.3 Å². The van der Waals surface area contributed by atoms with Gasteiger partial charge in [0.1, 0.15) is 0 Å². The van der Waals surface area contributed by atoms with Gasteiger partial charge >= 0.3 is 0 Å². The number of rotatable bonds is 5.